The highest BCUT2D eigenvalue weighted by molar-refractivity contribution is 8.00. The smallest absolute Gasteiger partial charge is 0.315 e. The molecule has 3 unspecified atom stereocenters. The summed E-state index contributed by atoms with van der Waals surface area (Å²) in [7, 11) is 0. The van der Waals surface area contributed by atoms with Gasteiger partial charge in [-0.2, -0.15) is 11.8 Å². The van der Waals surface area contributed by atoms with Gasteiger partial charge >= 0.3 is 6.03 Å². The van der Waals surface area contributed by atoms with Crippen LogP contribution in [-0.2, 0) is 16.1 Å². The fourth-order valence-electron chi connectivity index (χ4n) is 5.81. The maximum Gasteiger partial charge on any atom is 0.315 e. The zero-order valence-corrected chi connectivity index (χ0v) is 25.3. The van der Waals surface area contributed by atoms with Gasteiger partial charge in [-0.15, -0.1) is 0 Å². The van der Waals surface area contributed by atoms with Crippen LogP contribution < -0.4 is 10.6 Å². The summed E-state index contributed by atoms with van der Waals surface area (Å²) in [6.45, 7) is 0.707. The third-order valence-electron chi connectivity index (χ3n) is 8.06. The van der Waals surface area contributed by atoms with Gasteiger partial charge in [0.2, 0.25) is 0 Å². The number of allylic oxidation sites excluding steroid dienone is 1. The van der Waals surface area contributed by atoms with Crippen molar-refractivity contribution in [3.05, 3.63) is 76.6 Å². The first-order valence-corrected chi connectivity index (χ1v) is 16.2. The van der Waals surface area contributed by atoms with Crippen molar-refractivity contribution in [2.24, 2.45) is 4.99 Å². The van der Waals surface area contributed by atoms with Crippen LogP contribution in [0.15, 0.2) is 65.4 Å². The van der Waals surface area contributed by atoms with Crippen LogP contribution in [0.1, 0.15) is 68.9 Å². The van der Waals surface area contributed by atoms with Crippen LogP contribution in [0, 0.1) is 0 Å². The van der Waals surface area contributed by atoms with Crippen molar-refractivity contribution in [2.45, 2.75) is 81.7 Å². The number of fused-ring (bicyclic) bond motifs is 2. The molecule has 0 bridgehead atoms. The number of ketones is 1. The molecular formula is C33H37ClN4O3S. The Hall–Kier alpha value is -3.32. The monoisotopic (exact) mass is 604 g/mol. The standard InChI is InChI=1S/C33H37ClN4O3S/c34-25-16-14-23(15-17-25)19-38-20-24(28-11-5-6-12-30(28)38)18-35-26(21-39)8-2-1-3-9-27(40)10-4-7-13-31-32-29(22-42-31)36-33(41)37-32/h5-6,11-12,14-18,20,29,31-32H,1-4,7-10,13,19,22H2,(H2,36,37,41)/b35-18+. The van der Waals surface area contributed by atoms with Crippen molar-refractivity contribution in [3.63, 3.8) is 0 Å². The number of nitrogens with one attached hydrogen (secondary N) is 2. The molecular weight excluding hydrogens is 568 g/mol. The SMILES string of the molecule is O=C=C(CCCCCC(=O)CCCCC1SCC2NC(=O)NC21)/N=C/c1cn(Cc2ccc(Cl)cc2)c2ccccc12. The molecule has 1 aromatic heterocycles. The highest BCUT2D eigenvalue weighted by Gasteiger charge is 2.42. The fraction of sp³-hybridized carbons (Fsp3) is 0.424. The third-order valence-corrected chi connectivity index (χ3v) is 9.83. The van der Waals surface area contributed by atoms with Gasteiger partial charge in [-0.1, -0.05) is 54.8 Å². The number of unbranched alkanes of at least 4 members (excludes halogenated alkanes) is 3. The van der Waals surface area contributed by atoms with Gasteiger partial charge in [-0.3, -0.25) is 4.79 Å². The average Bonchev–Trinajstić information content (AvgIpc) is 3.66. The Balaban J connectivity index is 1.01. The highest BCUT2D eigenvalue weighted by atomic mass is 35.5. The van der Waals surface area contributed by atoms with E-state index in [-0.39, 0.29) is 18.1 Å². The maximum absolute atomic E-state index is 12.3. The van der Waals surface area contributed by atoms with Crippen LogP contribution in [-0.4, -0.2) is 51.6 Å². The Bertz CT molecular complexity index is 1480. The maximum atomic E-state index is 12.3. The van der Waals surface area contributed by atoms with E-state index in [1.165, 1.54) is 0 Å². The molecule has 2 saturated heterocycles. The fourth-order valence-corrected chi connectivity index (χ4v) is 7.48. The zero-order chi connectivity index (χ0) is 29.3. The number of aliphatic imine (C=N–C) groups is 1. The van der Waals surface area contributed by atoms with Crippen molar-refractivity contribution in [2.75, 3.05) is 5.75 Å². The molecule has 2 fully saturated rings. The molecule has 2 aliphatic rings. The Labute approximate surface area is 256 Å². The van der Waals surface area contributed by atoms with Crippen LogP contribution in [0.3, 0.4) is 0 Å². The summed E-state index contributed by atoms with van der Waals surface area (Å²) < 4.78 is 2.18. The van der Waals surface area contributed by atoms with Gasteiger partial charge in [0.15, 0.2) is 0 Å². The lowest BCUT2D eigenvalue weighted by Crippen LogP contribution is -2.36. The molecule has 0 saturated carbocycles. The minimum atomic E-state index is -0.0532. The van der Waals surface area contributed by atoms with E-state index >= 15 is 0 Å². The van der Waals surface area contributed by atoms with Crippen molar-refractivity contribution < 1.29 is 14.4 Å². The molecule has 3 heterocycles. The number of aromatic nitrogens is 1. The number of benzene rings is 2. The summed E-state index contributed by atoms with van der Waals surface area (Å²) in [5.41, 5.74) is 3.60. The molecule has 2 N–H and O–H groups in total. The van der Waals surface area contributed by atoms with E-state index in [0.717, 1.165) is 66.3 Å². The van der Waals surface area contributed by atoms with E-state index < -0.39 is 0 Å². The van der Waals surface area contributed by atoms with Crippen LogP contribution in [0.2, 0.25) is 5.02 Å². The number of nitrogens with zero attached hydrogens (tertiary/aromatic N) is 2. The molecule has 0 radical (unpaired) electrons. The Kier molecular flexibility index (Phi) is 10.6. The van der Waals surface area contributed by atoms with Gasteiger partial charge in [0.25, 0.3) is 0 Å². The topological polar surface area (TPSA) is 92.6 Å². The first-order chi connectivity index (χ1) is 20.5. The number of rotatable bonds is 15. The zero-order valence-electron chi connectivity index (χ0n) is 23.7. The number of hydrogen-bond donors (Lipinski definition) is 2. The van der Waals surface area contributed by atoms with Crippen molar-refractivity contribution >= 4 is 58.2 Å². The lowest BCUT2D eigenvalue weighted by molar-refractivity contribution is -0.119. The van der Waals surface area contributed by atoms with Crippen LogP contribution in [0.4, 0.5) is 4.79 Å². The molecule has 220 valence electrons. The van der Waals surface area contributed by atoms with Gasteiger partial charge in [0.05, 0.1) is 12.1 Å². The lowest BCUT2D eigenvalue weighted by Gasteiger charge is -2.16. The number of hydrogen-bond acceptors (Lipinski definition) is 5. The third kappa shape index (κ3) is 7.94. The minimum Gasteiger partial charge on any atom is -0.342 e. The first kappa shape index (κ1) is 30.1. The molecule has 2 aliphatic heterocycles. The Morgan fingerprint density at radius 2 is 1.79 bits per heavy atom. The quantitative estimate of drug-likeness (QED) is 0.0871. The molecule has 3 atom stereocenters. The first-order valence-electron chi connectivity index (χ1n) is 14.8. The summed E-state index contributed by atoms with van der Waals surface area (Å²) in [4.78, 5) is 39.9. The second-order valence-corrected chi connectivity index (χ2v) is 12.8. The second kappa shape index (κ2) is 14.7. The van der Waals surface area contributed by atoms with Crippen molar-refractivity contribution in [3.8, 4) is 0 Å². The van der Waals surface area contributed by atoms with E-state index in [0.29, 0.717) is 47.6 Å². The summed E-state index contributed by atoms with van der Waals surface area (Å²) in [6.07, 6.45) is 11.0. The van der Waals surface area contributed by atoms with Gasteiger partial charge in [0.1, 0.15) is 17.4 Å². The van der Waals surface area contributed by atoms with E-state index in [9.17, 15) is 14.4 Å². The summed E-state index contributed by atoms with van der Waals surface area (Å²) >= 11 is 7.96. The molecule has 0 spiro atoms. The van der Waals surface area contributed by atoms with E-state index in [4.69, 9.17) is 11.6 Å². The van der Waals surface area contributed by atoms with E-state index in [2.05, 4.69) is 38.5 Å². The summed E-state index contributed by atoms with van der Waals surface area (Å²) in [5, 5.41) is 8.23. The van der Waals surface area contributed by atoms with E-state index in [1.807, 2.05) is 54.1 Å². The number of carbonyl (C=O) groups excluding carboxylic acids is 3. The molecule has 5 rings (SSSR count). The molecule has 42 heavy (non-hydrogen) atoms. The number of para-hydroxylation sites is 1. The summed E-state index contributed by atoms with van der Waals surface area (Å²) in [5.74, 6) is 3.27. The van der Waals surface area contributed by atoms with Crippen molar-refractivity contribution in [1.82, 2.24) is 15.2 Å². The van der Waals surface area contributed by atoms with Gasteiger partial charge in [-0.05, 0) is 49.4 Å². The van der Waals surface area contributed by atoms with Crippen LogP contribution in [0.5, 0.6) is 0 Å². The summed E-state index contributed by atoms with van der Waals surface area (Å²) in [6, 6.07) is 16.4. The molecule has 2 aromatic carbocycles. The molecule has 7 nitrogen and oxygen atoms in total. The largest absolute Gasteiger partial charge is 0.342 e. The van der Waals surface area contributed by atoms with E-state index in [1.54, 1.807) is 6.21 Å². The predicted molar refractivity (Wildman–Crippen MR) is 171 cm³/mol. The number of urea groups is 1. The van der Waals surface area contributed by atoms with Gasteiger partial charge in [-0.25, -0.2) is 14.6 Å². The highest BCUT2D eigenvalue weighted by Crippen LogP contribution is 2.33. The molecule has 2 amide bonds. The Morgan fingerprint density at radius 3 is 2.60 bits per heavy atom. The number of halogens is 1. The molecule has 0 aliphatic carbocycles. The van der Waals surface area contributed by atoms with Crippen LogP contribution >= 0.6 is 23.4 Å². The Morgan fingerprint density at radius 1 is 1.02 bits per heavy atom. The van der Waals surface area contributed by atoms with Crippen molar-refractivity contribution in [1.29, 1.82) is 0 Å². The lowest BCUT2D eigenvalue weighted by atomic mass is 10.0. The normalized spacial score (nSPS) is 19.5. The van der Waals surface area contributed by atoms with Gasteiger partial charge < -0.3 is 15.2 Å². The molecule has 3 aromatic rings. The number of Topliss-reactive ketones (excluding diaryl/α,β-unsaturated/α-hetero) is 1. The average molecular weight is 605 g/mol. The predicted octanol–water partition coefficient (Wildman–Crippen LogP) is 6.72. The van der Waals surface area contributed by atoms with Gasteiger partial charge in [0, 0.05) is 70.7 Å². The number of carbonyl (C=O) groups is 2. The number of thioether (sulfide) groups is 1. The molecule has 9 heteroatoms. The van der Waals surface area contributed by atoms with Crippen LogP contribution in [0.25, 0.3) is 10.9 Å². The minimum absolute atomic E-state index is 0.0532. The number of amides is 2. The second-order valence-electron chi connectivity index (χ2n) is 11.1.